The topological polar surface area (TPSA) is 57.2 Å². The number of rotatable bonds is 12. The van der Waals surface area contributed by atoms with E-state index in [2.05, 4.69) is 6.92 Å². The van der Waals surface area contributed by atoms with Crippen molar-refractivity contribution in [3.05, 3.63) is 0 Å². The highest BCUT2D eigenvalue weighted by Crippen LogP contribution is 2.22. The predicted molar refractivity (Wildman–Crippen MR) is 88.3 cm³/mol. The second-order valence-electron chi connectivity index (χ2n) is 5.87. The molecule has 0 aromatic heterocycles. The number of hydrogen-bond acceptors (Lipinski definition) is 5. The van der Waals surface area contributed by atoms with E-state index in [1.807, 2.05) is 13.8 Å². The van der Waals surface area contributed by atoms with Crippen LogP contribution in [0.4, 0.5) is 0 Å². The Labute approximate surface area is 136 Å². The quantitative estimate of drug-likeness (QED) is 0.560. The summed E-state index contributed by atoms with van der Waals surface area (Å²) in [6.45, 7) is 10.2. The van der Waals surface area contributed by atoms with Crippen LogP contribution in [0.25, 0.3) is 0 Å². The van der Waals surface area contributed by atoms with Gasteiger partial charge in [0.25, 0.3) is 0 Å². The molecule has 0 saturated heterocycles. The predicted octanol–water partition coefficient (Wildman–Crippen LogP) is 2.65. The Morgan fingerprint density at radius 2 is 1.27 bits per heavy atom. The molecule has 5 nitrogen and oxygen atoms in total. The van der Waals surface area contributed by atoms with E-state index in [-0.39, 0.29) is 12.7 Å². The number of aliphatic hydroxyl groups excluding tert-OH is 1. The van der Waals surface area contributed by atoms with Gasteiger partial charge in [0.15, 0.2) is 0 Å². The zero-order chi connectivity index (χ0) is 16.5. The minimum atomic E-state index is 0.0545. The van der Waals surface area contributed by atoms with Gasteiger partial charge in [0, 0.05) is 0 Å². The van der Waals surface area contributed by atoms with Crippen molar-refractivity contribution in [2.24, 2.45) is 5.92 Å². The van der Waals surface area contributed by atoms with Crippen LogP contribution in [-0.4, -0.2) is 64.1 Å². The van der Waals surface area contributed by atoms with E-state index < -0.39 is 0 Å². The van der Waals surface area contributed by atoms with Gasteiger partial charge >= 0.3 is 0 Å². The molecule has 0 aromatic rings. The normalized spacial score (nSPS) is 15.1. The summed E-state index contributed by atoms with van der Waals surface area (Å²) in [5.41, 5.74) is 0. The molecule has 5 heteroatoms. The van der Waals surface area contributed by atoms with Crippen molar-refractivity contribution in [3.63, 3.8) is 0 Å². The van der Waals surface area contributed by atoms with Crippen LogP contribution >= 0.6 is 0 Å². The Kier molecular flexibility index (Phi) is 17.0. The maximum atomic E-state index is 8.43. The first-order valence-corrected chi connectivity index (χ1v) is 8.62. The van der Waals surface area contributed by atoms with Crippen molar-refractivity contribution in [3.8, 4) is 0 Å². The van der Waals surface area contributed by atoms with Gasteiger partial charge in [-0.05, 0) is 19.8 Å². The summed E-state index contributed by atoms with van der Waals surface area (Å²) in [6.07, 6.45) is 6.20. The summed E-state index contributed by atoms with van der Waals surface area (Å²) in [5.74, 6) is 1.05. The first-order valence-electron chi connectivity index (χ1n) is 8.62. The summed E-state index contributed by atoms with van der Waals surface area (Å²) in [5, 5.41) is 8.43. The van der Waals surface area contributed by atoms with Gasteiger partial charge in [-0.25, -0.2) is 0 Å². The van der Waals surface area contributed by atoms with Crippen molar-refractivity contribution in [1.29, 1.82) is 0 Å². The molecule has 134 valence electrons. The molecule has 1 N–H and O–H groups in total. The fourth-order valence-electron chi connectivity index (χ4n) is 2.08. The Bertz CT molecular complexity index is 205. The van der Waals surface area contributed by atoms with E-state index >= 15 is 0 Å². The Morgan fingerprint density at radius 1 is 0.818 bits per heavy atom. The van der Waals surface area contributed by atoms with Crippen LogP contribution in [0.3, 0.4) is 0 Å². The average Bonchev–Trinajstić information content (AvgIpc) is 2.96. The molecule has 0 amide bonds. The highest BCUT2D eigenvalue weighted by molar-refractivity contribution is 4.60. The third-order valence-electron chi connectivity index (χ3n) is 3.30. The number of aliphatic hydroxyl groups is 1. The largest absolute Gasteiger partial charge is 0.394 e. The summed E-state index contributed by atoms with van der Waals surface area (Å²) < 4.78 is 20.8. The third kappa shape index (κ3) is 17.9. The highest BCUT2D eigenvalue weighted by atomic mass is 16.6. The smallest absolute Gasteiger partial charge is 0.0703 e. The monoisotopic (exact) mass is 320 g/mol. The van der Waals surface area contributed by atoms with Crippen molar-refractivity contribution in [2.45, 2.75) is 52.6 Å². The number of ether oxygens (including phenoxy) is 4. The Morgan fingerprint density at radius 3 is 1.64 bits per heavy atom. The molecule has 0 unspecified atom stereocenters. The molecule has 0 bridgehead atoms. The third-order valence-corrected chi connectivity index (χ3v) is 3.30. The molecule has 1 aliphatic carbocycles. The van der Waals surface area contributed by atoms with Crippen LogP contribution < -0.4 is 0 Å². The Hall–Kier alpha value is -0.200. The summed E-state index contributed by atoms with van der Waals surface area (Å²) in [4.78, 5) is 0. The van der Waals surface area contributed by atoms with Gasteiger partial charge in [-0.2, -0.15) is 0 Å². The molecule has 0 spiro atoms. The fourth-order valence-corrected chi connectivity index (χ4v) is 2.08. The van der Waals surface area contributed by atoms with E-state index in [1.54, 1.807) is 0 Å². The van der Waals surface area contributed by atoms with Crippen LogP contribution in [0.15, 0.2) is 0 Å². The van der Waals surface area contributed by atoms with Gasteiger partial charge in [-0.15, -0.1) is 0 Å². The highest BCUT2D eigenvalue weighted by Gasteiger charge is 2.07. The molecule has 1 saturated carbocycles. The number of hydrogen-bond donors (Lipinski definition) is 1. The summed E-state index contributed by atoms with van der Waals surface area (Å²) in [7, 11) is 0. The zero-order valence-electron chi connectivity index (χ0n) is 14.7. The van der Waals surface area contributed by atoms with Gasteiger partial charge in [0.05, 0.1) is 59.0 Å². The van der Waals surface area contributed by atoms with Crippen molar-refractivity contribution in [1.82, 2.24) is 0 Å². The van der Waals surface area contributed by atoms with Crippen LogP contribution in [0, 0.1) is 5.92 Å². The van der Waals surface area contributed by atoms with Gasteiger partial charge in [-0.3, -0.25) is 0 Å². The van der Waals surface area contributed by atoms with E-state index in [9.17, 15) is 0 Å². The van der Waals surface area contributed by atoms with E-state index in [0.717, 1.165) is 5.92 Å². The second-order valence-corrected chi connectivity index (χ2v) is 5.87. The molecular formula is C17H36O5. The maximum Gasteiger partial charge on any atom is 0.0703 e. The second kappa shape index (κ2) is 17.2. The first-order chi connectivity index (χ1) is 10.7. The van der Waals surface area contributed by atoms with Crippen LogP contribution in [0.1, 0.15) is 46.5 Å². The van der Waals surface area contributed by atoms with Crippen LogP contribution in [-0.2, 0) is 18.9 Å². The SMILES string of the molecule is CC(C)OCCOCCOCCOCCO.CC1CCCC1. The molecule has 1 aliphatic rings. The molecule has 22 heavy (non-hydrogen) atoms. The zero-order valence-corrected chi connectivity index (χ0v) is 14.7. The van der Waals surface area contributed by atoms with Crippen LogP contribution in [0.2, 0.25) is 0 Å². The van der Waals surface area contributed by atoms with Gasteiger partial charge in [-0.1, -0.05) is 32.6 Å². The van der Waals surface area contributed by atoms with E-state index in [1.165, 1.54) is 25.7 Å². The van der Waals surface area contributed by atoms with Gasteiger partial charge < -0.3 is 24.1 Å². The minimum Gasteiger partial charge on any atom is -0.394 e. The molecule has 0 heterocycles. The molecule has 0 aromatic carbocycles. The van der Waals surface area contributed by atoms with Crippen molar-refractivity contribution >= 4 is 0 Å². The Balaban J connectivity index is 0.000000604. The van der Waals surface area contributed by atoms with Crippen molar-refractivity contribution in [2.75, 3.05) is 52.9 Å². The molecule has 1 rings (SSSR count). The molecule has 0 radical (unpaired) electrons. The maximum absolute atomic E-state index is 8.43. The van der Waals surface area contributed by atoms with Gasteiger partial charge in [0.2, 0.25) is 0 Å². The lowest BCUT2D eigenvalue weighted by Crippen LogP contribution is -2.14. The average molecular weight is 320 g/mol. The fraction of sp³-hybridized carbons (Fsp3) is 1.00. The lowest BCUT2D eigenvalue weighted by atomic mass is 10.2. The molecule has 0 aliphatic heterocycles. The lowest BCUT2D eigenvalue weighted by Gasteiger charge is -2.08. The van der Waals surface area contributed by atoms with E-state index in [4.69, 9.17) is 24.1 Å². The molecule has 1 fully saturated rings. The minimum absolute atomic E-state index is 0.0545. The summed E-state index contributed by atoms with van der Waals surface area (Å²) in [6, 6.07) is 0. The van der Waals surface area contributed by atoms with Gasteiger partial charge in [0.1, 0.15) is 0 Å². The van der Waals surface area contributed by atoms with Crippen molar-refractivity contribution < 1.29 is 24.1 Å². The first kappa shape index (κ1) is 21.8. The molecule has 0 atom stereocenters. The van der Waals surface area contributed by atoms with Crippen LogP contribution in [0.5, 0.6) is 0 Å². The lowest BCUT2D eigenvalue weighted by molar-refractivity contribution is -0.0140. The molecular weight excluding hydrogens is 284 g/mol. The summed E-state index contributed by atoms with van der Waals surface area (Å²) >= 11 is 0. The van der Waals surface area contributed by atoms with E-state index in [0.29, 0.717) is 46.2 Å². The standard InChI is InChI=1S/C11H24O5.C6H12/c1-11(2)16-10-9-15-8-7-14-6-5-13-4-3-12;1-6-4-2-3-5-6/h11-12H,3-10H2,1-2H3;6H,2-5H2,1H3.